The van der Waals surface area contributed by atoms with Gasteiger partial charge in [-0.3, -0.25) is 10.1 Å². The molecule has 84 valence electrons. The maximum atomic E-state index is 10.8. The highest BCUT2D eigenvalue weighted by molar-refractivity contribution is 9.09. The lowest BCUT2D eigenvalue weighted by Gasteiger charge is -1.99. The molecular weight excluding hydrogens is 278 g/mol. The van der Waals surface area contributed by atoms with Crippen LogP contribution in [-0.2, 0) is 0 Å². The monoisotopic (exact) mass is 285 g/mol. The Morgan fingerprint density at radius 1 is 1.56 bits per heavy atom. The number of allylic oxidation sites excluding steroid dienone is 1. The van der Waals surface area contributed by atoms with Gasteiger partial charge in [-0.25, -0.2) is 4.79 Å². The molecule has 6 heteroatoms. The third-order valence-corrected chi connectivity index (χ3v) is 2.22. The highest BCUT2D eigenvalue weighted by Gasteiger charge is 2.19. The molecule has 0 aromatic heterocycles. The van der Waals surface area contributed by atoms with E-state index in [0.717, 1.165) is 0 Å². The fraction of sp³-hybridized carbons (Fsp3) is 0.100. The second kappa shape index (κ2) is 5.41. The summed E-state index contributed by atoms with van der Waals surface area (Å²) in [5.74, 6) is -1.30. The number of nitrogens with zero attached hydrogens (tertiary/aromatic N) is 1. The lowest BCUT2D eigenvalue weighted by molar-refractivity contribution is -0.385. The van der Waals surface area contributed by atoms with Gasteiger partial charge in [0, 0.05) is 11.4 Å². The number of carboxylic acids is 1. The van der Waals surface area contributed by atoms with Gasteiger partial charge >= 0.3 is 5.97 Å². The Bertz CT molecular complexity index is 456. The van der Waals surface area contributed by atoms with Crippen LogP contribution in [0.3, 0.4) is 0 Å². The molecule has 1 N–H and O–H groups in total. The average Bonchev–Trinajstić information content (AvgIpc) is 2.25. The van der Waals surface area contributed by atoms with Crippen LogP contribution in [0.2, 0.25) is 0 Å². The van der Waals surface area contributed by atoms with Crippen molar-refractivity contribution in [1.29, 1.82) is 0 Å². The van der Waals surface area contributed by atoms with Crippen molar-refractivity contribution in [2.75, 3.05) is 5.33 Å². The van der Waals surface area contributed by atoms with Gasteiger partial charge in [-0.2, -0.15) is 0 Å². The van der Waals surface area contributed by atoms with Crippen LogP contribution >= 0.6 is 15.9 Å². The van der Waals surface area contributed by atoms with Crippen LogP contribution in [0.25, 0.3) is 6.08 Å². The van der Waals surface area contributed by atoms with Crippen molar-refractivity contribution in [2.24, 2.45) is 0 Å². The third-order valence-electron chi connectivity index (χ3n) is 1.85. The van der Waals surface area contributed by atoms with Gasteiger partial charge in [-0.1, -0.05) is 28.1 Å². The maximum absolute atomic E-state index is 10.8. The predicted octanol–water partition coefficient (Wildman–Crippen LogP) is 2.70. The minimum absolute atomic E-state index is 0.304. The Labute approximate surface area is 99.7 Å². The van der Waals surface area contributed by atoms with E-state index in [1.807, 2.05) is 0 Å². The summed E-state index contributed by atoms with van der Waals surface area (Å²) in [6.45, 7) is 0. The molecule has 16 heavy (non-hydrogen) atoms. The Morgan fingerprint density at radius 2 is 2.25 bits per heavy atom. The number of halogens is 1. The first kappa shape index (κ1) is 12.4. The summed E-state index contributed by atoms with van der Waals surface area (Å²) < 4.78 is 0. The van der Waals surface area contributed by atoms with Crippen molar-refractivity contribution >= 4 is 33.7 Å². The summed E-state index contributed by atoms with van der Waals surface area (Å²) in [6.07, 6.45) is 3.46. The van der Waals surface area contributed by atoms with Crippen LogP contribution in [0.15, 0.2) is 24.3 Å². The zero-order valence-electron chi connectivity index (χ0n) is 8.09. The number of carbonyl (C=O) groups is 1. The lowest BCUT2D eigenvalue weighted by atomic mass is 10.1. The van der Waals surface area contributed by atoms with E-state index in [2.05, 4.69) is 15.9 Å². The van der Waals surface area contributed by atoms with E-state index in [1.165, 1.54) is 18.2 Å². The molecule has 0 aliphatic heterocycles. The molecule has 1 aromatic rings. The predicted molar refractivity (Wildman–Crippen MR) is 62.9 cm³/mol. The van der Waals surface area contributed by atoms with Crippen LogP contribution in [0.4, 0.5) is 5.69 Å². The highest BCUT2D eigenvalue weighted by Crippen LogP contribution is 2.20. The molecule has 0 atom stereocenters. The van der Waals surface area contributed by atoms with Gasteiger partial charge in [-0.05, 0) is 17.7 Å². The largest absolute Gasteiger partial charge is 0.477 e. The number of hydrogen-bond acceptors (Lipinski definition) is 3. The summed E-state index contributed by atoms with van der Waals surface area (Å²) >= 11 is 3.18. The summed E-state index contributed by atoms with van der Waals surface area (Å²) in [5.41, 5.74) is -0.0901. The number of rotatable bonds is 4. The van der Waals surface area contributed by atoms with E-state index in [-0.39, 0.29) is 5.56 Å². The van der Waals surface area contributed by atoms with Gasteiger partial charge in [0.25, 0.3) is 5.69 Å². The average molecular weight is 286 g/mol. The molecule has 0 spiro atoms. The fourth-order valence-electron chi connectivity index (χ4n) is 1.17. The van der Waals surface area contributed by atoms with Crippen LogP contribution in [0.1, 0.15) is 15.9 Å². The van der Waals surface area contributed by atoms with Crippen molar-refractivity contribution in [3.63, 3.8) is 0 Å². The molecule has 0 amide bonds. The van der Waals surface area contributed by atoms with Crippen molar-refractivity contribution < 1.29 is 14.8 Å². The highest BCUT2D eigenvalue weighted by atomic mass is 79.9. The number of alkyl halides is 1. The van der Waals surface area contributed by atoms with Crippen molar-refractivity contribution in [2.45, 2.75) is 0 Å². The van der Waals surface area contributed by atoms with E-state index >= 15 is 0 Å². The quantitative estimate of drug-likeness (QED) is 0.524. The Balaban J connectivity index is 3.22. The Hall–Kier alpha value is -1.69. The van der Waals surface area contributed by atoms with E-state index < -0.39 is 16.6 Å². The first-order chi connectivity index (χ1) is 7.56. The van der Waals surface area contributed by atoms with E-state index in [9.17, 15) is 14.9 Å². The van der Waals surface area contributed by atoms with Crippen LogP contribution in [0.5, 0.6) is 0 Å². The standard InChI is InChI=1S/C10H8BrNO4/c11-5-1-2-7-3-4-9(12(15)16)8(6-7)10(13)14/h1-4,6H,5H2,(H,13,14). The SMILES string of the molecule is O=C(O)c1cc(C=CCBr)ccc1[N+](=O)[O-]. The number of carboxylic acid groups (broad SMARTS) is 1. The van der Waals surface area contributed by atoms with Crippen LogP contribution < -0.4 is 0 Å². The summed E-state index contributed by atoms with van der Waals surface area (Å²) in [7, 11) is 0. The van der Waals surface area contributed by atoms with Gasteiger partial charge in [0.2, 0.25) is 0 Å². The number of nitro benzene ring substituents is 1. The number of benzene rings is 1. The molecule has 0 saturated carbocycles. The minimum Gasteiger partial charge on any atom is -0.477 e. The summed E-state index contributed by atoms with van der Waals surface area (Å²) in [4.78, 5) is 20.7. The molecule has 0 aliphatic rings. The molecule has 0 radical (unpaired) electrons. The lowest BCUT2D eigenvalue weighted by Crippen LogP contribution is -2.02. The molecule has 0 saturated heterocycles. The van der Waals surface area contributed by atoms with Gasteiger partial charge in [-0.15, -0.1) is 0 Å². The third kappa shape index (κ3) is 2.90. The van der Waals surface area contributed by atoms with Gasteiger partial charge in [0.15, 0.2) is 0 Å². The van der Waals surface area contributed by atoms with Crippen molar-refractivity contribution in [1.82, 2.24) is 0 Å². The normalized spacial score (nSPS) is 10.6. The van der Waals surface area contributed by atoms with Gasteiger partial charge in [0.1, 0.15) is 5.56 Å². The Kier molecular flexibility index (Phi) is 4.19. The van der Waals surface area contributed by atoms with Crippen molar-refractivity contribution in [3.8, 4) is 0 Å². The fourth-order valence-corrected chi connectivity index (χ4v) is 1.36. The molecule has 0 aliphatic carbocycles. The zero-order chi connectivity index (χ0) is 12.1. The van der Waals surface area contributed by atoms with E-state index in [0.29, 0.717) is 10.9 Å². The van der Waals surface area contributed by atoms with E-state index in [4.69, 9.17) is 5.11 Å². The molecule has 0 heterocycles. The van der Waals surface area contributed by atoms with Gasteiger partial charge in [0.05, 0.1) is 4.92 Å². The molecule has 0 bridgehead atoms. The molecule has 1 aromatic carbocycles. The van der Waals surface area contributed by atoms with Crippen LogP contribution in [0, 0.1) is 10.1 Å². The molecule has 0 unspecified atom stereocenters. The first-order valence-corrected chi connectivity index (χ1v) is 5.42. The molecule has 5 nitrogen and oxygen atoms in total. The topological polar surface area (TPSA) is 80.4 Å². The molecule has 0 fully saturated rings. The molecule has 1 rings (SSSR count). The zero-order valence-corrected chi connectivity index (χ0v) is 9.68. The number of nitro groups is 1. The minimum atomic E-state index is -1.30. The smallest absolute Gasteiger partial charge is 0.342 e. The molecular formula is C10H8BrNO4. The Morgan fingerprint density at radius 3 is 2.75 bits per heavy atom. The van der Waals surface area contributed by atoms with E-state index in [1.54, 1.807) is 12.2 Å². The summed E-state index contributed by atoms with van der Waals surface area (Å²) in [6, 6.07) is 3.97. The van der Waals surface area contributed by atoms with Gasteiger partial charge < -0.3 is 5.11 Å². The number of hydrogen-bond donors (Lipinski definition) is 1. The maximum Gasteiger partial charge on any atom is 0.342 e. The van der Waals surface area contributed by atoms with Crippen molar-refractivity contribution in [3.05, 3.63) is 45.5 Å². The van der Waals surface area contributed by atoms with Crippen LogP contribution in [-0.4, -0.2) is 21.3 Å². The summed E-state index contributed by atoms with van der Waals surface area (Å²) in [5, 5.41) is 20.0. The number of aromatic carboxylic acids is 1. The second-order valence-corrected chi connectivity index (χ2v) is 3.54. The second-order valence-electron chi connectivity index (χ2n) is 2.90. The first-order valence-electron chi connectivity index (χ1n) is 4.30.